The molecule has 0 aliphatic carbocycles. The molecule has 0 aromatic carbocycles. The van der Waals surface area contributed by atoms with Crippen LogP contribution in [0.1, 0.15) is 44.0 Å². The third-order valence-electron chi connectivity index (χ3n) is 3.41. The van der Waals surface area contributed by atoms with E-state index in [1.165, 1.54) is 6.92 Å². The molecule has 0 saturated heterocycles. The summed E-state index contributed by atoms with van der Waals surface area (Å²) in [7, 11) is -4.01. The molecule has 4 N–H and O–H groups in total. The predicted molar refractivity (Wildman–Crippen MR) is 88.2 cm³/mol. The number of anilines is 1. The molecular weight excluding hydrogens is 356 g/mol. The maximum Gasteiger partial charge on any atom is 0.339 e. The molecular formula is C14H16N2O6S2. The molecule has 10 heteroatoms. The van der Waals surface area contributed by atoms with Crippen LogP contribution in [0.4, 0.5) is 5.00 Å². The standard InChI is InChI=1S/C14H16N2O6S2/c1-4-8-7(3)23-13(11(8)14(18)19)16-12(17)9-5-10(6(2)22-9)24(15,20)21/h5H,4H2,1-3H3,(H,16,17)(H,18,19)(H2,15,20,21). The summed E-state index contributed by atoms with van der Waals surface area (Å²) >= 11 is 1.14. The summed E-state index contributed by atoms with van der Waals surface area (Å²) in [5.74, 6) is -2.18. The van der Waals surface area contributed by atoms with E-state index in [4.69, 9.17) is 9.56 Å². The fourth-order valence-electron chi connectivity index (χ4n) is 2.34. The average molecular weight is 372 g/mol. The number of carbonyl (C=O) groups excluding carboxylic acids is 1. The molecule has 8 nitrogen and oxygen atoms in total. The Morgan fingerprint density at radius 3 is 2.46 bits per heavy atom. The number of furan rings is 1. The van der Waals surface area contributed by atoms with Gasteiger partial charge in [-0.05, 0) is 25.8 Å². The SMILES string of the molecule is CCc1c(C)sc(NC(=O)c2cc(S(N)(=O)=O)c(C)o2)c1C(=O)O. The van der Waals surface area contributed by atoms with E-state index in [2.05, 4.69) is 5.32 Å². The first-order chi connectivity index (χ1) is 11.1. The Labute approximate surface area is 142 Å². The maximum atomic E-state index is 12.3. The van der Waals surface area contributed by atoms with Crippen molar-refractivity contribution in [2.45, 2.75) is 32.1 Å². The van der Waals surface area contributed by atoms with Crippen LogP contribution < -0.4 is 10.5 Å². The predicted octanol–water partition coefficient (Wildman–Crippen LogP) is 2.12. The highest BCUT2D eigenvalue weighted by atomic mass is 32.2. The molecule has 0 bridgehead atoms. The lowest BCUT2D eigenvalue weighted by atomic mass is 10.1. The maximum absolute atomic E-state index is 12.3. The summed E-state index contributed by atoms with van der Waals surface area (Å²) < 4.78 is 27.9. The van der Waals surface area contributed by atoms with Crippen molar-refractivity contribution >= 4 is 38.2 Å². The van der Waals surface area contributed by atoms with Crippen molar-refractivity contribution in [3.63, 3.8) is 0 Å². The second kappa shape index (κ2) is 6.38. The molecule has 0 spiro atoms. The second-order valence-corrected chi connectivity index (χ2v) is 7.78. The Morgan fingerprint density at radius 1 is 1.38 bits per heavy atom. The van der Waals surface area contributed by atoms with E-state index in [1.807, 2.05) is 6.92 Å². The van der Waals surface area contributed by atoms with E-state index in [9.17, 15) is 23.1 Å². The van der Waals surface area contributed by atoms with E-state index in [0.717, 1.165) is 22.3 Å². The van der Waals surface area contributed by atoms with Gasteiger partial charge in [0.25, 0.3) is 5.91 Å². The lowest BCUT2D eigenvalue weighted by molar-refractivity contribution is 0.0697. The molecule has 2 aromatic rings. The van der Waals surface area contributed by atoms with Gasteiger partial charge in [-0.15, -0.1) is 11.3 Å². The van der Waals surface area contributed by atoms with Crippen LogP contribution in [0, 0.1) is 13.8 Å². The van der Waals surface area contributed by atoms with Crippen LogP contribution in [0.5, 0.6) is 0 Å². The lowest BCUT2D eigenvalue weighted by Crippen LogP contribution is -2.14. The molecule has 0 radical (unpaired) electrons. The molecule has 0 unspecified atom stereocenters. The van der Waals surface area contributed by atoms with Crippen molar-refractivity contribution in [2.75, 3.05) is 5.32 Å². The van der Waals surface area contributed by atoms with E-state index in [1.54, 1.807) is 6.92 Å². The Balaban J connectivity index is 2.40. The minimum Gasteiger partial charge on any atom is -0.478 e. The first-order valence-electron chi connectivity index (χ1n) is 6.86. The fraction of sp³-hybridized carbons (Fsp3) is 0.286. The zero-order valence-electron chi connectivity index (χ0n) is 13.2. The van der Waals surface area contributed by atoms with Crippen molar-refractivity contribution in [1.29, 1.82) is 0 Å². The van der Waals surface area contributed by atoms with Crippen LogP contribution in [0.15, 0.2) is 15.4 Å². The summed E-state index contributed by atoms with van der Waals surface area (Å²) in [5.41, 5.74) is 0.673. The van der Waals surface area contributed by atoms with Gasteiger partial charge in [-0.25, -0.2) is 18.4 Å². The zero-order chi connectivity index (χ0) is 18.2. The molecule has 2 aromatic heterocycles. The van der Waals surface area contributed by atoms with E-state index in [-0.39, 0.29) is 27.0 Å². The highest BCUT2D eigenvalue weighted by Gasteiger charge is 2.25. The van der Waals surface area contributed by atoms with Gasteiger partial charge in [-0.2, -0.15) is 0 Å². The topological polar surface area (TPSA) is 140 Å². The molecule has 0 saturated carbocycles. The monoisotopic (exact) mass is 372 g/mol. The number of hydrogen-bond donors (Lipinski definition) is 3. The quantitative estimate of drug-likeness (QED) is 0.734. The third-order valence-corrected chi connectivity index (χ3v) is 5.49. The number of rotatable bonds is 5. The highest BCUT2D eigenvalue weighted by molar-refractivity contribution is 7.89. The summed E-state index contributed by atoms with van der Waals surface area (Å²) in [6.45, 7) is 4.95. The highest BCUT2D eigenvalue weighted by Crippen LogP contribution is 2.34. The van der Waals surface area contributed by atoms with Crippen molar-refractivity contribution in [2.24, 2.45) is 5.14 Å². The number of aryl methyl sites for hydroxylation is 2. The summed E-state index contributed by atoms with van der Waals surface area (Å²) in [6.07, 6.45) is 0.509. The number of nitrogens with one attached hydrogen (secondary N) is 1. The number of thiophene rings is 1. The van der Waals surface area contributed by atoms with Crippen molar-refractivity contribution < 1.29 is 27.5 Å². The van der Waals surface area contributed by atoms with Crippen LogP contribution in [-0.2, 0) is 16.4 Å². The molecule has 1 amide bonds. The fourth-order valence-corrected chi connectivity index (χ4v) is 4.19. The van der Waals surface area contributed by atoms with Crippen molar-refractivity contribution in [1.82, 2.24) is 0 Å². The minimum atomic E-state index is -4.01. The Bertz CT molecular complexity index is 923. The summed E-state index contributed by atoms with van der Waals surface area (Å²) in [6, 6.07) is 1.02. The van der Waals surface area contributed by atoms with Crippen LogP contribution in [0.3, 0.4) is 0 Å². The summed E-state index contributed by atoms with van der Waals surface area (Å²) in [5, 5.41) is 17.0. The Kier molecular flexibility index (Phi) is 4.83. The number of sulfonamides is 1. The molecule has 2 rings (SSSR count). The molecule has 0 aliphatic rings. The van der Waals surface area contributed by atoms with Crippen molar-refractivity contribution in [3.05, 3.63) is 33.6 Å². The molecule has 2 heterocycles. The van der Waals surface area contributed by atoms with Crippen LogP contribution in [-0.4, -0.2) is 25.4 Å². The molecule has 0 aliphatic heterocycles. The van der Waals surface area contributed by atoms with Gasteiger partial charge in [0.1, 0.15) is 15.7 Å². The Hall–Kier alpha value is -2.17. The van der Waals surface area contributed by atoms with Gasteiger partial charge < -0.3 is 14.8 Å². The normalized spacial score (nSPS) is 11.5. The van der Waals surface area contributed by atoms with E-state index >= 15 is 0 Å². The summed E-state index contributed by atoms with van der Waals surface area (Å²) in [4.78, 5) is 24.2. The number of carboxylic acids is 1. The molecule has 130 valence electrons. The second-order valence-electron chi connectivity index (χ2n) is 5.03. The van der Waals surface area contributed by atoms with Crippen LogP contribution >= 0.6 is 11.3 Å². The zero-order valence-corrected chi connectivity index (χ0v) is 14.8. The van der Waals surface area contributed by atoms with Gasteiger partial charge in [0.15, 0.2) is 5.76 Å². The van der Waals surface area contributed by atoms with Crippen LogP contribution in [0.25, 0.3) is 0 Å². The average Bonchev–Trinajstić information content (AvgIpc) is 2.98. The number of hydrogen-bond acceptors (Lipinski definition) is 6. The Morgan fingerprint density at radius 2 is 2.00 bits per heavy atom. The van der Waals surface area contributed by atoms with Gasteiger partial charge in [0, 0.05) is 10.9 Å². The molecule has 0 atom stereocenters. The number of carbonyl (C=O) groups is 2. The number of carboxylic acid groups (broad SMARTS) is 1. The third kappa shape index (κ3) is 3.35. The van der Waals surface area contributed by atoms with Gasteiger partial charge in [-0.1, -0.05) is 6.92 Å². The number of amides is 1. The lowest BCUT2D eigenvalue weighted by Gasteiger charge is -2.03. The van der Waals surface area contributed by atoms with Gasteiger partial charge in [-0.3, -0.25) is 4.79 Å². The van der Waals surface area contributed by atoms with Crippen LogP contribution in [0.2, 0.25) is 0 Å². The van der Waals surface area contributed by atoms with E-state index in [0.29, 0.717) is 12.0 Å². The molecule has 24 heavy (non-hydrogen) atoms. The number of primary sulfonamides is 1. The number of nitrogens with two attached hydrogens (primary N) is 1. The van der Waals surface area contributed by atoms with Gasteiger partial charge in [0.2, 0.25) is 10.0 Å². The van der Waals surface area contributed by atoms with Gasteiger partial charge >= 0.3 is 5.97 Å². The van der Waals surface area contributed by atoms with Gasteiger partial charge in [0.05, 0.1) is 5.56 Å². The van der Waals surface area contributed by atoms with Crippen molar-refractivity contribution in [3.8, 4) is 0 Å². The number of aromatic carboxylic acids is 1. The largest absolute Gasteiger partial charge is 0.478 e. The first-order valence-corrected chi connectivity index (χ1v) is 9.22. The van der Waals surface area contributed by atoms with E-state index < -0.39 is 21.9 Å². The first kappa shape index (κ1) is 18.2. The smallest absolute Gasteiger partial charge is 0.339 e. The molecule has 0 fully saturated rings. The minimum absolute atomic E-state index is 0.0160.